The Hall–Kier alpha value is -3.93. The van der Waals surface area contributed by atoms with Gasteiger partial charge in [-0.3, -0.25) is 4.79 Å². The number of rotatable bonds is 7. The molecular formula is C30H29N3O3. The fourth-order valence-electron chi connectivity index (χ4n) is 5.36. The van der Waals surface area contributed by atoms with E-state index in [2.05, 4.69) is 34.7 Å². The third kappa shape index (κ3) is 4.06. The molecule has 36 heavy (non-hydrogen) atoms. The van der Waals surface area contributed by atoms with Gasteiger partial charge < -0.3 is 14.9 Å². The summed E-state index contributed by atoms with van der Waals surface area (Å²) >= 11 is 0. The van der Waals surface area contributed by atoms with E-state index in [1.165, 1.54) is 25.7 Å². The Morgan fingerprint density at radius 3 is 2.22 bits per heavy atom. The highest BCUT2D eigenvalue weighted by Gasteiger charge is 2.51. The molecule has 6 nitrogen and oxygen atoms in total. The van der Waals surface area contributed by atoms with Crippen LogP contribution in [0.5, 0.6) is 0 Å². The van der Waals surface area contributed by atoms with Crippen LogP contribution in [0.2, 0.25) is 0 Å². The Morgan fingerprint density at radius 1 is 0.944 bits per heavy atom. The van der Waals surface area contributed by atoms with Gasteiger partial charge in [-0.25, -0.2) is 4.98 Å². The van der Waals surface area contributed by atoms with E-state index in [1.54, 1.807) is 0 Å². The number of pyridine rings is 1. The molecular weight excluding hydrogens is 450 g/mol. The number of aromatic nitrogens is 2. The van der Waals surface area contributed by atoms with Crippen molar-refractivity contribution in [2.24, 2.45) is 0 Å². The minimum Gasteiger partial charge on any atom is -0.481 e. The van der Waals surface area contributed by atoms with Crippen molar-refractivity contribution in [1.29, 1.82) is 0 Å². The van der Waals surface area contributed by atoms with Gasteiger partial charge in [-0.1, -0.05) is 72.6 Å². The fraction of sp³-hybridized carbons (Fsp3) is 0.300. The molecule has 182 valence electrons. The molecule has 2 aromatic carbocycles. The van der Waals surface area contributed by atoms with Gasteiger partial charge in [0.25, 0.3) is 0 Å². The molecule has 0 atom stereocenters. The van der Waals surface area contributed by atoms with E-state index in [4.69, 9.17) is 9.51 Å². The van der Waals surface area contributed by atoms with Gasteiger partial charge in [0.05, 0.1) is 5.41 Å². The zero-order chi connectivity index (χ0) is 24.7. The number of benzene rings is 2. The number of nitrogens with zero attached hydrogens (tertiary/aromatic N) is 2. The van der Waals surface area contributed by atoms with Crippen molar-refractivity contribution >= 4 is 17.5 Å². The summed E-state index contributed by atoms with van der Waals surface area (Å²) in [6.07, 6.45) is 6.41. The average molecular weight is 480 g/mol. The lowest BCUT2D eigenvalue weighted by molar-refractivity contribution is -0.140. The van der Waals surface area contributed by atoms with Gasteiger partial charge in [0.15, 0.2) is 5.76 Å². The predicted octanol–water partition coefficient (Wildman–Crippen LogP) is 7.23. The van der Waals surface area contributed by atoms with Crippen molar-refractivity contribution in [3.8, 4) is 22.5 Å². The van der Waals surface area contributed by atoms with Crippen molar-refractivity contribution in [2.75, 3.05) is 5.32 Å². The third-order valence-corrected chi connectivity index (χ3v) is 7.74. The number of anilines is 2. The molecule has 2 aliphatic rings. The second-order valence-electron chi connectivity index (χ2n) is 10.1. The first-order valence-corrected chi connectivity index (χ1v) is 12.7. The van der Waals surface area contributed by atoms with Crippen molar-refractivity contribution < 1.29 is 14.4 Å². The quantitative estimate of drug-likeness (QED) is 0.291. The van der Waals surface area contributed by atoms with Gasteiger partial charge in [0.2, 0.25) is 0 Å². The van der Waals surface area contributed by atoms with Gasteiger partial charge in [-0.05, 0) is 61.4 Å². The molecule has 0 bridgehead atoms. The Morgan fingerprint density at radius 2 is 1.58 bits per heavy atom. The van der Waals surface area contributed by atoms with Crippen molar-refractivity contribution in [2.45, 2.75) is 56.8 Å². The molecule has 0 saturated heterocycles. The van der Waals surface area contributed by atoms with Crippen LogP contribution in [0.4, 0.5) is 11.5 Å². The maximum absolute atomic E-state index is 11.6. The van der Waals surface area contributed by atoms with Crippen LogP contribution in [0.1, 0.15) is 61.4 Å². The molecule has 2 aromatic heterocycles. The van der Waals surface area contributed by atoms with E-state index in [9.17, 15) is 9.90 Å². The summed E-state index contributed by atoms with van der Waals surface area (Å²) in [5, 5.41) is 17.2. The smallest absolute Gasteiger partial charge is 0.314 e. The van der Waals surface area contributed by atoms with E-state index < -0.39 is 11.4 Å². The minimum absolute atomic E-state index is 0.551. The van der Waals surface area contributed by atoms with Crippen LogP contribution >= 0.6 is 0 Å². The minimum atomic E-state index is -0.730. The van der Waals surface area contributed by atoms with Crippen LogP contribution in [-0.2, 0) is 10.2 Å². The number of hydrogen-bond acceptors (Lipinski definition) is 5. The number of hydrogen-bond donors (Lipinski definition) is 2. The molecule has 2 fully saturated rings. The van der Waals surface area contributed by atoms with Gasteiger partial charge in [0.1, 0.15) is 17.2 Å². The number of aliphatic carboxylic acids is 1. The molecule has 4 aromatic rings. The van der Waals surface area contributed by atoms with Crippen molar-refractivity contribution in [3.63, 3.8) is 0 Å². The first-order valence-electron chi connectivity index (χ1n) is 12.7. The van der Waals surface area contributed by atoms with E-state index in [0.717, 1.165) is 45.1 Å². The molecule has 0 aliphatic heterocycles. The number of carboxylic acids is 1. The number of carboxylic acid groups (broad SMARTS) is 1. The lowest BCUT2D eigenvalue weighted by Crippen LogP contribution is -2.19. The van der Waals surface area contributed by atoms with E-state index in [1.807, 2.05) is 49.4 Å². The molecule has 0 amide bonds. The van der Waals surface area contributed by atoms with Gasteiger partial charge in [-0.2, -0.15) is 0 Å². The summed E-state index contributed by atoms with van der Waals surface area (Å²) in [7, 11) is 0. The highest BCUT2D eigenvalue weighted by atomic mass is 16.5. The molecule has 6 rings (SSSR count). The largest absolute Gasteiger partial charge is 0.481 e. The van der Waals surface area contributed by atoms with Crippen LogP contribution in [-0.4, -0.2) is 21.2 Å². The molecule has 2 aliphatic carbocycles. The van der Waals surface area contributed by atoms with Gasteiger partial charge in [0, 0.05) is 17.2 Å². The van der Waals surface area contributed by atoms with Gasteiger partial charge >= 0.3 is 5.97 Å². The van der Waals surface area contributed by atoms with Crippen LogP contribution in [0.15, 0.2) is 71.3 Å². The topological polar surface area (TPSA) is 88.2 Å². The Kier molecular flexibility index (Phi) is 5.59. The van der Waals surface area contributed by atoms with E-state index in [0.29, 0.717) is 24.5 Å². The molecule has 2 heterocycles. The van der Waals surface area contributed by atoms with Crippen molar-refractivity contribution in [3.05, 3.63) is 83.7 Å². The van der Waals surface area contributed by atoms with Gasteiger partial charge in [-0.15, -0.1) is 0 Å². The summed E-state index contributed by atoms with van der Waals surface area (Å²) in [6, 6.07) is 22.2. The second-order valence-corrected chi connectivity index (χ2v) is 10.1. The molecule has 2 N–H and O–H groups in total. The highest BCUT2D eigenvalue weighted by Crippen LogP contribution is 2.48. The monoisotopic (exact) mass is 479 g/mol. The summed E-state index contributed by atoms with van der Waals surface area (Å²) in [6.45, 7) is 1.93. The van der Waals surface area contributed by atoms with E-state index in [-0.39, 0.29) is 0 Å². The molecule has 0 radical (unpaired) electrons. The first kappa shape index (κ1) is 22.5. The van der Waals surface area contributed by atoms with Crippen molar-refractivity contribution in [1.82, 2.24) is 10.1 Å². The summed E-state index contributed by atoms with van der Waals surface area (Å²) in [5.41, 5.74) is 5.99. The molecule has 0 spiro atoms. The molecule has 6 heteroatoms. The maximum Gasteiger partial charge on any atom is 0.314 e. The Bertz CT molecular complexity index is 1400. The SMILES string of the molecule is Cc1noc(-c2ccc(-c3ccc(C4(C(=O)O)CC4)cc3)cc2)c1Nc1cccc(C2CCCC2)n1. The average Bonchev–Trinajstić information content (AvgIpc) is 3.39. The normalized spacial score (nSPS) is 16.7. The highest BCUT2D eigenvalue weighted by molar-refractivity contribution is 5.85. The summed E-state index contributed by atoms with van der Waals surface area (Å²) < 4.78 is 5.72. The molecule has 2 saturated carbocycles. The first-order chi connectivity index (χ1) is 17.5. The third-order valence-electron chi connectivity index (χ3n) is 7.74. The second kappa shape index (κ2) is 8.94. The van der Waals surface area contributed by atoms with Crippen LogP contribution in [0.25, 0.3) is 22.5 Å². The zero-order valence-corrected chi connectivity index (χ0v) is 20.3. The zero-order valence-electron chi connectivity index (χ0n) is 20.3. The Balaban J connectivity index is 1.22. The lowest BCUT2D eigenvalue weighted by atomic mass is 9.93. The van der Waals surface area contributed by atoms with Crippen LogP contribution < -0.4 is 5.32 Å². The number of nitrogens with one attached hydrogen (secondary N) is 1. The summed E-state index contributed by atoms with van der Waals surface area (Å²) in [4.78, 5) is 16.5. The fourth-order valence-corrected chi connectivity index (χ4v) is 5.36. The molecule has 0 unspecified atom stereocenters. The maximum atomic E-state index is 11.6. The predicted molar refractivity (Wildman–Crippen MR) is 139 cm³/mol. The Labute approximate surface area is 210 Å². The number of aryl methyl sites for hydroxylation is 1. The van der Waals surface area contributed by atoms with Crippen LogP contribution in [0.3, 0.4) is 0 Å². The summed E-state index contributed by atoms with van der Waals surface area (Å²) in [5.74, 6) is 1.31. The van der Waals surface area contributed by atoms with E-state index >= 15 is 0 Å². The lowest BCUT2D eigenvalue weighted by Gasteiger charge is -2.12. The van der Waals surface area contributed by atoms with Crippen LogP contribution in [0, 0.1) is 6.92 Å². The number of carbonyl (C=O) groups is 1. The standard InChI is InChI=1S/C30H29N3O3/c1-19-27(32-26-8-4-7-25(31-26)22-5-2-3-6-22)28(36-33-19)23-11-9-20(10-12-23)21-13-15-24(16-14-21)30(17-18-30)29(34)35/h4,7-16,22H,2-3,5-6,17-18H2,1H3,(H,31,32)(H,34,35).